The lowest BCUT2D eigenvalue weighted by Gasteiger charge is -2.34. The maximum atomic E-state index is 11.2. The fourth-order valence-corrected chi connectivity index (χ4v) is 1.92. The summed E-state index contributed by atoms with van der Waals surface area (Å²) in [6.07, 6.45) is 3.62. The molecular formula is C11H21NO2. The number of rotatable bonds is 2. The molecule has 3 heteroatoms. The lowest BCUT2D eigenvalue weighted by atomic mass is 9.95. The van der Waals surface area contributed by atoms with Crippen LogP contribution >= 0.6 is 0 Å². The molecule has 0 bridgehead atoms. The summed E-state index contributed by atoms with van der Waals surface area (Å²) in [5, 5.41) is 3.28. The van der Waals surface area contributed by atoms with Crippen LogP contribution in [-0.2, 0) is 9.53 Å². The van der Waals surface area contributed by atoms with Crippen molar-refractivity contribution in [2.45, 2.75) is 51.2 Å². The number of carbonyl (C=O) groups excluding carboxylic acids is 1. The van der Waals surface area contributed by atoms with E-state index in [1.807, 2.05) is 20.8 Å². The first-order valence-corrected chi connectivity index (χ1v) is 5.35. The molecule has 0 aliphatic carbocycles. The predicted molar refractivity (Wildman–Crippen MR) is 56.4 cm³/mol. The summed E-state index contributed by atoms with van der Waals surface area (Å²) >= 11 is 0. The van der Waals surface area contributed by atoms with Crippen LogP contribution in [0, 0.1) is 0 Å². The van der Waals surface area contributed by atoms with E-state index in [1.54, 1.807) is 0 Å². The molecule has 0 aromatic carbocycles. The Morgan fingerprint density at radius 2 is 2.00 bits per heavy atom. The van der Waals surface area contributed by atoms with Crippen molar-refractivity contribution in [1.29, 1.82) is 0 Å². The average Bonchev–Trinajstić information content (AvgIpc) is 2.28. The Kier molecular flexibility index (Phi) is 3.67. The summed E-state index contributed by atoms with van der Waals surface area (Å²) in [5.74, 6) is 0. The van der Waals surface area contributed by atoms with Gasteiger partial charge < -0.3 is 14.8 Å². The van der Waals surface area contributed by atoms with Crippen molar-refractivity contribution in [1.82, 2.24) is 5.32 Å². The molecule has 0 amide bonds. The van der Waals surface area contributed by atoms with Crippen molar-refractivity contribution in [3.05, 3.63) is 0 Å². The maximum absolute atomic E-state index is 11.2. The monoisotopic (exact) mass is 199 g/mol. The zero-order valence-corrected chi connectivity index (χ0v) is 9.43. The zero-order chi connectivity index (χ0) is 10.7. The molecule has 1 heterocycles. The van der Waals surface area contributed by atoms with Gasteiger partial charge in [-0.2, -0.15) is 0 Å². The van der Waals surface area contributed by atoms with Crippen LogP contribution in [0.2, 0.25) is 0 Å². The van der Waals surface area contributed by atoms with E-state index in [0.29, 0.717) is 0 Å². The van der Waals surface area contributed by atoms with E-state index in [1.165, 1.54) is 0 Å². The van der Waals surface area contributed by atoms with E-state index in [9.17, 15) is 4.79 Å². The van der Waals surface area contributed by atoms with Gasteiger partial charge in [0.2, 0.25) is 0 Å². The van der Waals surface area contributed by atoms with E-state index in [4.69, 9.17) is 4.74 Å². The van der Waals surface area contributed by atoms with Gasteiger partial charge in [0.1, 0.15) is 5.60 Å². The van der Waals surface area contributed by atoms with Gasteiger partial charge in [-0.15, -0.1) is 0 Å². The molecule has 14 heavy (non-hydrogen) atoms. The van der Waals surface area contributed by atoms with Crippen LogP contribution < -0.4 is 5.32 Å². The minimum Gasteiger partial charge on any atom is -0.362 e. The van der Waals surface area contributed by atoms with Crippen LogP contribution in [0.3, 0.4) is 0 Å². The average molecular weight is 199 g/mol. The van der Waals surface area contributed by atoms with Gasteiger partial charge in [-0.1, -0.05) is 0 Å². The van der Waals surface area contributed by atoms with Crippen LogP contribution in [0.5, 0.6) is 0 Å². The van der Waals surface area contributed by atoms with Crippen molar-refractivity contribution in [3.63, 3.8) is 0 Å². The molecule has 1 fully saturated rings. The Labute approximate surface area is 86.2 Å². The lowest BCUT2D eigenvalue weighted by molar-refractivity contribution is -0.155. The summed E-state index contributed by atoms with van der Waals surface area (Å²) in [6.45, 7) is 7.85. The number of carbonyl (C=O) groups is 1. The SMILES string of the molecule is CC(C)(C)OC1(C=O)CCCNCC1. The first kappa shape index (κ1) is 11.7. The molecule has 1 rings (SSSR count). The minimum atomic E-state index is -0.554. The van der Waals surface area contributed by atoms with Gasteiger partial charge in [0.25, 0.3) is 0 Å². The molecule has 1 aliphatic rings. The third-order valence-corrected chi connectivity index (χ3v) is 2.40. The van der Waals surface area contributed by atoms with E-state index in [0.717, 1.165) is 38.6 Å². The quantitative estimate of drug-likeness (QED) is 0.685. The van der Waals surface area contributed by atoms with Crippen LogP contribution in [-0.4, -0.2) is 30.6 Å². The van der Waals surface area contributed by atoms with Gasteiger partial charge in [-0.05, 0) is 53.1 Å². The van der Waals surface area contributed by atoms with E-state index >= 15 is 0 Å². The third kappa shape index (κ3) is 3.39. The van der Waals surface area contributed by atoms with E-state index < -0.39 is 5.60 Å². The standard InChI is InChI=1S/C11H21NO2/c1-10(2,3)14-11(9-13)5-4-7-12-8-6-11/h9,12H,4-8H2,1-3H3. The largest absolute Gasteiger partial charge is 0.362 e. The Bertz CT molecular complexity index is 188. The molecule has 82 valence electrons. The Morgan fingerprint density at radius 1 is 1.29 bits per heavy atom. The van der Waals surface area contributed by atoms with Crippen molar-refractivity contribution in [2.24, 2.45) is 0 Å². The highest BCUT2D eigenvalue weighted by molar-refractivity contribution is 5.62. The first-order chi connectivity index (χ1) is 6.47. The molecule has 0 radical (unpaired) electrons. The molecule has 0 saturated carbocycles. The first-order valence-electron chi connectivity index (χ1n) is 5.35. The smallest absolute Gasteiger partial charge is 0.151 e. The zero-order valence-electron chi connectivity index (χ0n) is 9.43. The molecule has 1 saturated heterocycles. The second-order valence-electron chi connectivity index (χ2n) is 5.00. The number of nitrogens with one attached hydrogen (secondary N) is 1. The minimum absolute atomic E-state index is 0.245. The highest BCUT2D eigenvalue weighted by Crippen LogP contribution is 2.27. The predicted octanol–water partition coefficient (Wildman–Crippen LogP) is 1.51. The Hall–Kier alpha value is -0.410. The van der Waals surface area contributed by atoms with Crippen molar-refractivity contribution in [2.75, 3.05) is 13.1 Å². The van der Waals surface area contributed by atoms with Crippen molar-refractivity contribution in [3.8, 4) is 0 Å². The third-order valence-electron chi connectivity index (χ3n) is 2.40. The molecule has 1 N–H and O–H groups in total. The normalized spacial score (nSPS) is 29.6. The van der Waals surface area contributed by atoms with Gasteiger partial charge in [0.05, 0.1) is 5.60 Å². The van der Waals surface area contributed by atoms with Gasteiger partial charge in [-0.3, -0.25) is 0 Å². The van der Waals surface area contributed by atoms with E-state index in [-0.39, 0.29) is 5.60 Å². The second-order valence-corrected chi connectivity index (χ2v) is 5.00. The van der Waals surface area contributed by atoms with Crippen LogP contribution in [0.25, 0.3) is 0 Å². The number of hydrogen-bond donors (Lipinski definition) is 1. The molecule has 3 nitrogen and oxygen atoms in total. The van der Waals surface area contributed by atoms with E-state index in [2.05, 4.69) is 5.32 Å². The van der Waals surface area contributed by atoms with Gasteiger partial charge in [-0.25, -0.2) is 0 Å². The highest BCUT2D eigenvalue weighted by atomic mass is 16.5. The lowest BCUT2D eigenvalue weighted by Crippen LogP contribution is -2.42. The summed E-state index contributed by atoms with van der Waals surface area (Å²) in [5.41, 5.74) is -0.799. The van der Waals surface area contributed by atoms with Gasteiger partial charge >= 0.3 is 0 Å². The fraction of sp³-hybridized carbons (Fsp3) is 0.909. The topological polar surface area (TPSA) is 38.3 Å². The molecule has 0 aromatic heterocycles. The Balaban J connectivity index is 2.67. The summed E-state index contributed by atoms with van der Waals surface area (Å²) in [7, 11) is 0. The van der Waals surface area contributed by atoms with Crippen LogP contribution in [0.15, 0.2) is 0 Å². The van der Waals surface area contributed by atoms with Gasteiger partial charge in [0, 0.05) is 0 Å². The summed E-state index contributed by atoms with van der Waals surface area (Å²) in [4.78, 5) is 11.2. The molecular weight excluding hydrogens is 178 g/mol. The second kappa shape index (κ2) is 4.41. The summed E-state index contributed by atoms with van der Waals surface area (Å²) in [6, 6.07) is 0. The van der Waals surface area contributed by atoms with Gasteiger partial charge in [0.15, 0.2) is 6.29 Å². The van der Waals surface area contributed by atoms with Crippen molar-refractivity contribution >= 4 is 6.29 Å². The number of hydrogen-bond acceptors (Lipinski definition) is 3. The molecule has 1 unspecified atom stereocenters. The number of ether oxygens (including phenoxy) is 1. The molecule has 0 spiro atoms. The van der Waals surface area contributed by atoms with Crippen LogP contribution in [0.4, 0.5) is 0 Å². The number of aldehydes is 1. The molecule has 1 aliphatic heterocycles. The van der Waals surface area contributed by atoms with Crippen LogP contribution in [0.1, 0.15) is 40.0 Å². The fourth-order valence-electron chi connectivity index (χ4n) is 1.92. The molecule has 1 atom stereocenters. The molecule has 0 aromatic rings. The summed E-state index contributed by atoms with van der Waals surface area (Å²) < 4.78 is 5.89. The highest BCUT2D eigenvalue weighted by Gasteiger charge is 2.35. The Morgan fingerprint density at radius 3 is 2.57 bits per heavy atom. The van der Waals surface area contributed by atoms with Crippen molar-refractivity contribution < 1.29 is 9.53 Å². The maximum Gasteiger partial charge on any atom is 0.151 e.